The third-order valence-corrected chi connectivity index (χ3v) is 3.51. The summed E-state index contributed by atoms with van der Waals surface area (Å²) < 4.78 is 5.65. The smallest absolute Gasteiger partial charge is 0.321 e. The van der Waals surface area contributed by atoms with Gasteiger partial charge in [-0.15, -0.1) is 0 Å². The second kappa shape index (κ2) is 7.26. The number of hydrogen-bond acceptors (Lipinski definition) is 3. The molecule has 110 valence electrons. The quantitative estimate of drug-likeness (QED) is 0.886. The summed E-state index contributed by atoms with van der Waals surface area (Å²) in [5.74, 6) is 0. The first-order valence-corrected chi connectivity index (χ1v) is 7.12. The number of likely N-dealkylation sites (N-methyl/N-ethyl adjacent to an activating group) is 1. The van der Waals surface area contributed by atoms with Gasteiger partial charge in [0.05, 0.1) is 6.10 Å². The van der Waals surface area contributed by atoms with Gasteiger partial charge in [-0.2, -0.15) is 0 Å². The molecule has 0 aromatic heterocycles. The molecule has 20 heavy (non-hydrogen) atoms. The number of hydrogen-bond donors (Lipinski definition) is 2. The monoisotopic (exact) mass is 277 g/mol. The Kier molecular flexibility index (Phi) is 5.38. The zero-order chi connectivity index (χ0) is 14.4. The van der Waals surface area contributed by atoms with E-state index in [0.717, 1.165) is 30.7 Å². The highest BCUT2D eigenvalue weighted by Gasteiger charge is 2.18. The van der Waals surface area contributed by atoms with Gasteiger partial charge in [-0.1, -0.05) is 12.1 Å². The van der Waals surface area contributed by atoms with Crippen LogP contribution in [0.2, 0.25) is 0 Å². The average molecular weight is 277 g/mol. The van der Waals surface area contributed by atoms with Crippen molar-refractivity contribution < 1.29 is 9.53 Å². The van der Waals surface area contributed by atoms with Gasteiger partial charge in [0.2, 0.25) is 0 Å². The Morgan fingerprint density at radius 3 is 3.05 bits per heavy atom. The molecule has 5 nitrogen and oxygen atoms in total. The average Bonchev–Trinajstić information content (AvgIpc) is 2.48. The minimum Gasteiger partial charge on any atom is -0.376 e. The van der Waals surface area contributed by atoms with Crippen molar-refractivity contribution in [1.29, 1.82) is 0 Å². The van der Waals surface area contributed by atoms with E-state index in [2.05, 4.69) is 5.32 Å². The number of ether oxygens (including phenoxy) is 1. The van der Waals surface area contributed by atoms with Gasteiger partial charge in [-0.3, -0.25) is 0 Å². The van der Waals surface area contributed by atoms with Crippen LogP contribution in [0.5, 0.6) is 0 Å². The molecular weight excluding hydrogens is 254 g/mol. The molecule has 2 rings (SSSR count). The van der Waals surface area contributed by atoms with Crippen LogP contribution >= 0.6 is 0 Å². The third-order valence-electron chi connectivity index (χ3n) is 3.51. The van der Waals surface area contributed by atoms with Crippen LogP contribution in [0.3, 0.4) is 0 Å². The van der Waals surface area contributed by atoms with E-state index in [1.165, 1.54) is 6.42 Å². The molecule has 1 saturated heterocycles. The Morgan fingerprint density at radius 1 is 1.50 bits per heavy atom. The molecule has 0 bridgehead atoms. The molecule has 1 atom stereocenters. The van der Waals surface area contributed by atoms with Crippen LogP contribution in [0.15, 0.2) is 24.3 Å². The molecule has 1 aliphatic rings. The highest BCUT2D eigenvalue weighted by Crippen LogP contribution is 2.15. The second-order valence-corrected chi connectivity index (χ2v) is 5.20. The van der Waals surface area contributed by atoms with Gasteiger partial charge in [-0.25, -0.2) is 4.79 Å². The fourth-order valence-electron chi connectivity index (χ4n) is 2.33. The second-order valence-electron chi connectivity index (χ2n) is 5.20. The van der Waals surface area contributed by atoms with Gasteiger partial charge >= 0.3 is 6.03 Å². The van der Waals surface area contributed by atoms with Gasteiger partial charge in [0.1, 0.15) is 0 Å². The topological polar surface area (TPSA) is 67.6 Å². The summed E-state index contributed by atoms with van der Waals surface area (Å²) >= 11 is 0. The molecule has 0 aliphatic carbocycles. The molecule has 5 heteroatoms. The fraction of sp³-hybridized carbons (Fsp3) is 0.533. The van der Waals surface area contributed by atoms with Gasteiger partial charge in [0.15, 0.2) is 0 Å². The van der Waals surface area contributed by atoms with Crippen LogP contribution in [0.1, 0.15) is 24.8 Å². The van der Waals surface area contributed by atoms with Crippen molar-refractivity contribution in [2.24, 2.45) is 5.73 Å². The molecular formula is C15H23N3O2. The predicted molar refractivity (Wildman–Crippen MR) is 79.6 cm³/mol. The standard InChI is InChI=1S/C15H23N3O2/c1-18(11-14-7-2-3-8-20-14)15(19)17-13-6-4-5-12(9-13)10-16/h4-6,9,14H,2-3,7-8,10-11,16H2,1H3,(H,17,19). The maximum absolute atomic E-state index is 12.1. The molecule has 3 N–H and O–H groups in total. The SMILES string of the molecule is CN(CC1CCCCO1)C(=O)Nc1cccc(CN)c1. The van der Waals surface area contributed by atoms with Gasteiger partial charge < -0.3 is 20.7 Å². The van der Waals surface area contributed by atoms with Crippen molar-refractivity contribution in [2.75, 3.05) is 25.5 Å². The van der Waals surface area contributed by atoms with Crippen LogP contribution < -0.4 is 11.1 Å². The molecule has 0 saturated carbocycles. The van der Waals surface area contributed by atoms with Crippen molar-refractivity contribution >= 4 is 11.7 Å². The number of anilines is 1. The Morgan fingerprint density at radius 2 is 2.35 bits per heavy atom. The normalized spacial score (nSPS) is 18.6. The van der Waals surface area contributed by atoms with E-state index >= 15 is 0 Å². The molecule has 1 aromatic carbocycles. The van der Waals surface area contributed by atoms with Crippen molar-refractivity contribution in [3.8, 4) is 0 Å². The number of carbonyl (C=O) groups excluding carboxylic acids is 1. The van der Waals surface area contributed by atoms with E-state index < -0.39 is 0 Å². The number of benzene rings is 1. The molecule has 1 fully saturated rings. The number of carbonyl (C=O) groups is 1. The number of urea groups is 1. The maximum atomic E-state index is 12.1. The molecule has 2 amide bonds. The van der Waals surface area contributed by atoms with Crippen molar-refractivity contribution in [1.82, 2.24) is 4.90 Å². The van der Waals surface area contributed by atoms with E-state index in [9.17, 15) is 4.79 Å². The highest BCUT2D eigenvalue weighted by molar-refractivity contribution is 5.89. The Bertz CT molecular complexity index is 444. The first-order chi connectivity index (χ1) is 9.69. The Hall–Kier alpha value is -1.59. The molecule has 1 aliphatic heterocycles. The van der Waals surface area contributed by atoms with E-state index in [-0.39, 0.29) is 12.1 Å². The summed E-state index contributed by atoms with van der Waals surface area (Å²) in [4.78, 5) is 13.8. The zero-order valence-corrected chi connectivity index (χ0v) is 12.0. The van der Waals surface area contributed by atoms with Gasteiger partial charge in [-0.05, 0) is 37.0 Å². The Balaban J connectivity index is 1.86. The number of nitrogens with one attached hydrogen (secondary N) is 1. The largest absolute Gasteiger partial charge is 0.376 e. The van der Waals surface area contributed by atoms with Crippen LogP contribution in [0.25, 0.3) is 0 Å². The predicted octanol–water partition coefficient (Wildman–Crippen LogP) is 2.18. The van der Waals surface area contributed by atoms with Crippen LogP contribution in [-0.2, 0) is 11.3 Å². The zero-order valence-electron chi connectivity index (χ0n) is 12.0. The lowest BCUT2D eigenvalue weighted by molar-refractivity contribution is 0.00463. The third kappa shape index (κ3) is 4.21. The summed E-state index contributed by atoms with van der Waals surface area (Å²) in [6, 6.07) is 7.47. The lowest BCUT2D eigenvalue weighted by Gasteiger charge is -2.27. The highest BCUT2D eigenvalue weighted by atomic mass is 16.5. The first kappa shape index (κ1) is 14.8. The van der Waals surface area contributed by atoms with Crippen LogP contribution in [-0.4, -0.2) is 37.2 Å². The lowest BCUT2D eigenvalue weighted by atomic mass is 10.1. The minimum absolute atomic E-state index is 0.117. The maximum Gasteiger partial charge on any atom is 0.321 e. The summed E-state index contributed by atoms with van der Waals surface area (Å²) in [7, 11) is 1.79. The van der Waals surface area contributed by atoms with E-state index in [1.54, 1.807) is 11.9 Å². The minimum atomic E-state index is -0.117. The molecule has 0 radical (unpaired) electrons. The first-order valence-electron chi connectivity index (χ1n) is 7.12. The molecule has 1 unspecified atom stereocenters. The number of nitrogens with zero attached hydrogens (tertiary/aromatic N) is 1. The number of amides is 2. The molecule has 1 aromatic rings. The van der Waals surface area contributed by atoms with Crippen LogP contribution in [0, 0.1) is 0 Å². The van der Waals surface area contributed by atoms with Gasteiger partial charge in [0, 0.05) is 32.4 Å². The number of nitrogens with two attached hydrogens (primary N) is 1. The van der Waals surface area contributed by atoms with Gasteiger partial charge in [0.25, 0.3) is 0 Å². The summed E-state index contributed by atoms with van der Waals surface area (Å²) in [6.07, 6.45) is 3.49. The Labute approximate surface area is 120 Å². The summed E-state index contributed by atoms with van der Waals surface area (Å²) in [5.41, 5.74) is 7.37. The number of rotatable bonds is 4. The van der Waals surface area contributed by atoms with Crippen molar-refractivity contribution in [3.63, 3.8) is 0 Å². The fourth-order valence-corrected chi connectivity index (χ4v) is 2.33. The van der Waals surface area contributed by atoms with Crippen molar-refractivity contribution in [2.45, 2.75) is 31.9 Å². The summed E-state index contributed by atoms with van der Waals surface area (Å²) in [6.45, 7) is 1.90. The van der Waals surface area contributed by atoms with Crippen molar-refractivity contribution in [3.05, 3.63) is 29.8 Å². The summed E-state index contributed by atoms with van der Waals surface area (Å²) in [5, 5.41) is 2.88. The lowest BCUT2D eigenvalue weighted by Crippen LogP contribution is -2.39. The molecule has 0 spiro atoms. The van der Waals surface area contributed by atoms with E-state index in [0.29, 0.717) is 13.1 Å². The van der Waals surface area contributed by atoms with E-state index in [1.807, 2.05) is 24.3 Å². The van der Waals surface area contributed by atoms with Crippen LogP contribution in [0.4, 0.5) is 10.5 Å². The molecule has 1 heterocycles. The van der Waals surface area contributed by atoms with E-state index in [4.69, 9.17) is 10.5 Å².